The zero-order valence-electron chi connectivity index (χ0n) is 11.3. The van der Waals surface area contributed by atoms with Gasteiger partial charge in [0.2, 0.25) is 5.13 Å². The molecule has 1 aliphatic rings. The van der Waals surface area contributed by atoms with Gasteiger partial charge in [0.25, 0.3) is 0 Å². The lowest BCUT2D eigenvalue weighted by Gasteiger charge is -2.33. The number of likely N-dealkylation sites (N-methyl/N-ethyl adjacent to an activating group) is 1. The van der Waals surface area contributed by atoms with Crippen LogP contribution in [0.5, 0.6) is 0 Å². The first-order valence-electron chi connectivity index (χ1n) is 6.19. The topological polar surface area (TPSA) is 108 Å². The number of hydrogen-bond donors (Lipinski definition) is 2. The van der Waals surface area contributed by atoms with Crippen LogP contribution in [0.15, 0.2) is 23.1 Å². The Balaban J connectivity index is 2.03. The van der Waals surface area contributed by atoms with Crippen LogP contribution in [0.3, 0.4) is 0 Å². The molecule has 8 heteroatoms. The smallest absolute Gasteiger partial charge is 0.212 e. The predicted octanol–water partition coefficient (Wildman–Crippen LogP) is 0.0510. The number of aliphatic imine (C=N–C) groups is 1. The summed E-state index contributed by atoms with van der Waals surface area (Å²) in [6.07, 6.45) is 3.11. The molecule has 0 spiro atoms. The summed E-state index contributed by atoms with van der Waals surface area (Å²) in [5.74, 6) is 0.900. The molecule has 0 saturated carbocycles. The average molecular weight is 291 g/mol. The molecular weight excluding hydrogens is 274 g/mol. The van der Waals surface area contributed by atoms with Crippen LogP contribution in [0.4, 0.5) is 5.13 Å². The van der Waals surface area contributed by atoms with E-state index < -0.39 is 0 Å². The first-order valence-corrected chi connectivity index (χ1v) is 7.01. The minimum atomic E-state index is 0.292. The first kappa shape index (κ1) is 14.3. The van der Waals surface area contributed by atoms with Crippen LogP contribution in [-0.2, 0) is 0 Å². The number of piperazine rings is 1. The van der Waals surface area contributed by atoms with Crippen LogP contribution < -0.4 is 11.5 Å². The largest absolute Gasteiger partial charge is 0.385 e. The third-order valence-electron chi connectivity index (χ3n) is 2.99. The van der Waals surface area contributed by atoms with E-state index in [0.29, 0.717) is 21.7 Å². The number of nitrogens with zero attached hydrogens (tertiary/aromatic N) is 5. The number of nitrogens with two attached hydrogens (primary N) is 2. The Hall–Kier alpha value is -2.11. The minimum absolute atomic E-state index is 0.292. The molecule has 1 fully saturated rings. The number of rotatable bonds is 3. The first-order chi connectivity index (χ1) is 9.58. The van der Waals surface area contributed by atoms with E-state index in [0.717, 1.165) is 26.2 Å². The number of thiazole rings is 1. The van der Waals surface area contributed by atoms with Gasteiger partial charge in [0.15, 0.2) is 0 Å². The lowest BCUT2D eigenvalue weighted by molar-refractivity contribution is 0.185. The highest BCUT2D eigenvalue weighted by molar-refractivity contribution is 7.15. The van der Waals surface area contributed by atoms with Crippen molar-refractivity contribution in [2.24, 2.45) is 16.5 Å². The zero-order valence-corrected chi connectivity index (χ0v) is 12.1. The van der Waals surface area contributed by atoms with Crippen molar-refractivity contribution in [2.45, 2.75) is 0 Å². The molecule has 1 saturated heterocycles. The second-order valence-corrected chi connectivity index (χ2v) is 5.52. The molecule has 1 aromatic heterocycles. The normalized spacial score (nSPS) is 18.1. The van der Waals surface area contributed by atoms with Crippen molar-refractivity contribution in [1.82, 2.24) is 14.8 Å². The van der Waals surface area contributed by atoms with E-state index in [4.69, 9.17) is 16.7 Å². The van der Waals surface area contributed by atoms with Gasteiger partial charge in [-0.25, -0.2) is 9.98 Å². The van der Waals surface area contributed by atoms with Crippen molar-refractivity contribution in [3.8, 4) is 6.07 Å². The van der Waals surface area contributed by atoms with Crippen molar-refractivity contribution in [3.63, 3.8) is 0 Å². The van der Waals surface area contributed by atoms with Crippen molar-refractivity contribution in [2.75, 3.05) is 33.2 Å². The SMILES string of the molecule is CN1CCN(C(N)=CC(N)=Nc2ncc(C#N)s2)CC1. The van der Waals surface area contributed by atoms with Crippen LogP contribution in [0, 0.1) is 11.3 Å². The van der Waals surface area contributed by atoms with Crippen LogP contribution in [0.2, 0.25) is 0 Å². The molecule has 0 aromatic carbocycles. The molecule has 0 unspecified atom stereocenters. The fraction of sp³-hybridized carbons (Fsp3) is 0.417. The maximum atomic E-state index is 8.72. The summed E-state index contributed by atoms with van der Waals surface area (Å²) >= 11 is 1.19. The summed E-state index contributed by atoms with van der Waals surface area (Å²) in [6, 6.07) is 2.01. The Morgan fingerprint density at radius 3 is 2.75 bits per heavy atom. The summed E-state index contributed by atoms with van der Waals surface area (Å²) < 4.78 is 0. The predicted molar refractivity (Wildman–Crippen MR) is 79.5 cm³/mol. The Bertz CT molecular complexity index is 561. The summed E-state index contributed by atoms with van der Waals surface area (Å²) in [7, 11) is 2.09. The van der Waals surface area contributed by atoms with Crippen LogP contribution in [0.25, 0.3) is 0 Å². The van der Waals surface area contributed by atoms with Crippen molar-refractivity contribution < 1.29 is 0 Å². The quantitative estimate of drug-likeness (QED) is 0.602. The summed E-state index contributed by atoms with van der Waals surface area (Å²) in [6.45, 7) is 3.71. The Kier molecular flexibility index (Phi) is 4.55. The molecular formula is C12H17N7S. The minimum Gasteiger partial charge on any atom is -0.385 e. The lowest BCUT2D eigenvalue weighted by atomic mass is 10.3. The molecule has 0 atom stereocenters. The summed E-state index contributed by atoms with van der Waals surface area (Å²) in [4.78, 5) is 13.0. The van der Waals surface area contributed by atoms with Gasteiger partial charge >= 0.3 is 0 Å². The summed E-state index contributed by atoms with van der Waals surface area (Å²) in [5, 5.41) is 9.18. The van der Waals surface area contributed by atoms with Gasteiger partial charge in [-0.15, -0.1) is 0 Å². The van der Waals surface area contributed by atoms with E-state index in [2.05, 4.69) is 26.8 Å². The van der Waals surface area contributed by atoms with E-state index in [1.807, 2.05) is 6.07 Å². The van der Waals surface area contributed by atoms with E-state index in [1.165, 1.54) is 17.5 Å². The molecule has 2 heterocycles. The van der Waals surface area contributed by atoms with Gasteiger partial charge in [-0.2, -0.15) is 5.26 Å². The van der Waals surface area contributed by atoms with Gasteiger partial charge in [0.1, 0.15) is 22.6 Å². The Morgan fingerprint density at radius 1 is 1.45 bits per heavy atom. The molecule has 0 aliphatic carbocycles. The van der Waals surface area contributed by atoms with E-state index in [9.17, 15) is 0 Å². The maximum absolute atomic E-state index is 8.72. The van der Waals surface area contributed by atoms with Gasteiger partial charge in [-0.05, 0) is 7.05 Å². The number of amidine groups is 1. The van der Waals surface area contributed by atoms with Crippen LogP contribution in [-0.4, -0.2) is 53.8 Å². The molecule has 106 valence electrons. The molecule has 7 nitrogen and oxygen atoms in total. The van der Waals surface area contributed by atoms with Crippen LogP contribution in [0.1, 0.15) is 4.88 Å². The van der Waals surface area contributed by atoms with Gasteiger partial charge < -0.3 is 21.3 Å². The molecule has 4 N–H and O–H groups in total. The highest BCUT2D eigenvalue weighted by Gasteiger charge is 2.14. The third kappa shape index (κ3) is 3.69. The van der Waals surface area contributed by atoms with E-state index in [-0.39, 0.29) is 0 Å². The second kappa shape index (κ2) is 6.36. The van der Waals surface area contributed by atoms with Gasteiger partial charge in [-0.3, -0.25) is 0 Å². The number of nitriles is 1. The van der Waals surface area contributed by atoms with Crippen molar-refractivity contribution >= 4 is 22.3 Å². The van der Waals surface area contributed by atoms with Gasteiger partial charge in [-0.1, -0.05) is 11.3 Å². The van der Waals surface area contributed by atoms with Crippen molar-refractivity contribution in [3.05, 3.63) is 23.0 Å². The molecule has 0 bridgehead atoms. The lowest BCUT2D eigenvalue weighted by Crippen LogP contribution is -2.45. The summed E-state index contributed by atoms with van der Waals surface area (Å²) in [5.41, 5.74) is 11.8. The Labute approximate surface area is 121 Å². The number of aromatic nitrogens is 1. The highest BCUT2D eigenvalue weighted by atomic mass is 32.1. The zero-order chi connectivity index (χ0) is 14.5. The monoisotopic (exact) mass is 291 g/mol. The molecule has 20 heavy (non-hydrogen) atoms. The van der Waals surface area contributed by atoms with Crippen molar-refractivity contribution in [1.29, 1.82) is 5.26 Å². The Morgan fingerprint density at radius 2 is 2.15 bits per heavy atom. The fourth-order valence-electron chi connectivity index (χ4n) is 1.82. The molecule has 1 aromatic rings. The number of hydrogen-bond acceptors (Lipinski definition) is 7. The molecule has 0 amide bonds. The molecule has 2 rings (SSSR count). The van der Waals surface area contributed by atoms with Crippen LogP contribution >= 0.6 is 11.3 Å². The second-order valence-electron chi connectivity index (χ2n) is 4.52. The van der Waals surface area contributed by atoms with Gasteiger partial charge in [0.05, 0.1) is 6.20 Å². The molecule has 0 radical (unpaired) electrons. The van der Waals surface area contributed by atoms with E-state index >= 15 is 0 Å². The third-order valence-corrected chi connectivity index (χ3v) is 3.79. The highest BCUT2D eigenvalue weighted by Crippen LogP contribution is 2.20. The molecule has 1 aliphatic heterocycles. The van der Waals surface area contributed by atoms with Gasteiger partial charge in [0, 0.05) is 32.3 Å². The fourth-order valence-corrected chi connectivity index (χ4v) is 2.42. The maximum Gasteiger partial charge on any atom is 0.212 e. The average Bonchev–Trinajstić information content (AvgIpc) is 2.86. The van der Waals surface area contributed by atoms with E-state index in [1.54, 1.807) is 6.08 Å². The standard InChI is InChI=1S/C12H17N7S/c1-18-2-4-19(5-3-18)11(15)6-10(14)17-12-16-8-9(7-13)20-12/h6,8H,2-5,15H2,1H3,(H2,14,16,17).